The summed E-state index contributed by atoms with van der Waals surface area (Å²) in [5.74, 6) is 0.633. The molecule has 3 N–H and O–H groups in total. The molecule has 0 radical (unpaired) electrons. The predicted octanol–water partition coefficient (Wildman–Crippen LogP) is 4.74. The Morgan fingerprint density at radius 2 is 1.67 bits per heavy atom. The molecule has 0 spiro atoms. The SMILES string of the molecule is CC(=O)Nc1ccc(C2=CCN=C(Nc3ccc(N(C)CCc4ccccc4)cc3)N2)cc1. The minimum absolute atomic E-state index is 0.0789. The van der Waals surface area contributed by atoms with Crippen LogP contribution in [-0.2, 0) is 11.2 Å². The lowest BCUT2D eigenvalue weighted by Crippen LogP contribution is -2.32. The Bertz CT molecular complexity index is 1140. The van der Waals surface area contributed by atoms with Crippen molar-refractivity contribution in [3.63, 3.8) is 0 Å². The number of rotatable bonds is 7. The van der Waals surface area contributed by atoms with E-state index in [1.54, 1.807) is 0 Å². The van der Waals surface area contributed by atoms with Gasteiger partial charge in [-0.2, -0.15) is 0 Å². The summed E-state index contributed by atoms with van der Waals surface area (Å²) in [7, 11) is 2.12. The van der Waals surface area contributed by atoms with Gasteiger partial charge in [-0.3, -0.25) is 4.79 Å². The molecule has 0 aliphatic carbocycles. The van der Waals surface area contributed by atoms with Gasteiger partial charge in [0.05, 0.1) is 6.54 Å². The van der Waals surface area contributed by atoms with Gasteiger partial charge in [0, 0.05) is 43.3 Å². The lowest BCUT2D eigenvalue weighted by atomic mass is 10.1. The molecule has 6 heteroatoms. The number of amides is 1. The molecule has 1 heterocycles. The van der Waals surface area contributed by atoms with E-state index in [9.17, 15) is 4.79 Å². The van der Waals surface area contributed by atoms with Crippen molar-refractivity contribution < 1.29 is 4.79 Å². The molecule has 0 aromatic heterocycles. The molecular weight excluding hydrogens is 410 g/mol. The van der Waals surface area contributed by atoms with Crippen LogP contribution in [0.5, 0.6) is 0 Å². The van der Waals surface area contributed by atoms with Gasteiger partial charge in [-0.25, -0.2) is 4.99 Å². The van der Waals surface area contributed by atoms with E-state index >= 15 is 0 Å². The summed E-state index contributed by atoms with van der Waals surface area (Å²) in [4.78, 5) is 18.0. The highest BCUT2D eigenvalue weighted by atomic mass is 16.1. The quantitative estimate of drug-likeness (QED) is 0.498. The third kappa shape index (κ3) is 6.23. The second-order valence-corrected chi connectivity index (χ2v) is 8.02. The second-order valence-electron chi connectivity index (χ2n) is 8.02. The summed E-state index contributed by atoms with van der Waals surface area (Å²) in [6.07, 6.45) is 3.06. The van der Waals surface area contributed by atoms with Gasteiger partial charge in [-0.05, 0) is 60.0 Å². The van der Waals surface area contributed by atoms with Crippen LogP contribution in [0, 0.1) is 0 Å². The number of anilines is 3. The minimum atomic E-state index is -0.0789. The third-order valence-corrected chi connectivity index (χ3v) is 5.46. The van der Waals surface area contributed by atoms with Crippen LogP contribution in [0.4, 0.5) is 17.1 Å². The van der Waals surface area contributed by atoms with Crippen molar-refractivity contribution in [2.24, 2.45) is 4.99 Å². The smallest absolute Gasteiger partial charge is 0.221 e. The first-order valence-electron chi connectivity index (χ1n) is 11.1. The highest BCUT2D eigenvalue weighted by molar-refractivity contribution is 6.00. The Hall–Kier alpha value is -4.06. The van der Waals surface area contributed by atoms with Gasteiger partial charge in [0.25, 0.3) is 0 Å². The lowest BCUT2D eigenvalue weighted by Gasteiger charge is -2.21. The van der Waals surface area contributed by atoms with Crippen LogP contribution >= 0.6 is 0 Å². The van der Waals surface area contributed by atoms with Crippen molar-refractivity contribution in [3.05, 3.63) is 96.1 Å². The zero-order valence-corrected chi connectivity index (χ0v) is 19.0. The van der Waals surface area contributed by atoms with E-state index in [1.807, 2.05) is 36.4 Å². The maximum Gasteiger partial charge on any atom is 0.221 e. The Balaban J connectivity index is 1.31. The topological polar surface area (TPSA) is 68.8 Å². The minimum Gasteiger partial charge on any atom is -0.374 e. The van der Waals surface area contributed by atoms with Crippen molar-refractivity contribution in [2.75, 3.05) is 35.7 Å². The van der Waals surface area contributed by atoms with Gasteiger partial charge in [-0.1, -0.05) is 42.5 Å². The van der Waals surface area contributed by atoms with E-state index in [4.69, 9.17) is 0 Å². The number of benzene rings is 3. The van der Waals surface area contributed by atoms with Crippen molar-refractivity contribution >= 4 is 34.6 Å². The first-order valence-corrected chi connectivity index (χ1v) is 11.1. The molecule has 0 bridgehead atoms. The maximum absolute atomic E-state index is 11.2. The summed E-state index contributed by atoms with van der Waals surface area (Å²) in [6.45, 7) is 3.06. The van der Waals surface area contributed by atoms with E-state index in [1.165, 1.54) is 18.2 Å². The number of aliphatic imine (C=N–C) groups is 1. The van der Waals surface area contributed by atoms with E-state index in [-0.39, 0.29) is 5.91 Å². The second kappa shape index (κ2) is 10.5. The molecule has 168 valence electrons. The normalized spacial score (nSPS) is 12.8. The van der Waals surface area contributed by atoms with E-state index < -0.39 is 0 Å². The first kappa shape index (κ1) is 22.1. The summed E-state index contributed by atoms with van der Waals surface area (Å²) < 4.78 is 0. The fraction of sp³-hybridized carbons (Fsp3) is 0.185. The van der Waals surface area contributed by atoms with Crippen molar-refractivity contribution in [1.82, 2.24) is 5.32 Å². The average molecular weight is 440 g/mol. The maximum atomic E-state index is 11.2. The number of nitrogens with one attached hydrogen (secondary N) is 3. The highest BCUT2D eigenvalue weighted by Gasteiger charge is 2.10. The van der Waals surface area contributed by atoms with Crippen LogP contribution in [0.1, 0.15) is 18.1 Å². The number of likely N-dealkylation sites (N-methyl/N-ethyl adjacent to an activating group) is 1. The highest BCUT2D eigenvalue weighted by Crippen LogP contribution is 2.20. The fourth-order valence-corrected chi connectivity index (χ4v) is 3.65. The molecule has 0 saturated heterocycles. The molecule has 3 aromatic carbocycles. The van der Waals surface area contributed by atoms with Crippen molar-refractivity contribution in [1.29, 1.82) is 0 Å². The molecule has 0 fully saturated rings. The van der Waals surface area contributed by atoms with Gasteiger partial charge in [-0.15, -0.1) is 0 Å². The molecule has 1 aliphatic rings. The molecule has 0 unspecified atom stereocenters. The summed E-state index contributed by atoms with van der Waals surface area (Å²) >= 11 is 0. The van der Waals surface area contributed by atoms with Gasteiger partial charge in [0.2, 0.25) is 11.9 Å². The van der Waals surface area contributed by atoms with Crippen LogP contribution in [0.3, 0.4) is 0 Å². The predicted molar refractivity (Wildman–Crippen MR) is 138 cm³/mol. The molecule has 33 heavy (non-hydrogen) atoms. The number of nitrogens with zero attached hydrogens (tertiary/aromatic N) is 2. The Kier molecular flexibility index (Phi) is 7.05. The largest absolute Gasteiger partial charge is 0.374 e. The van der Waals surface area contributed by atoms with Gasteiger partial charge in [0.1, 0.15) is 0 Å². The first-order chi connectivity index (χ1) is 16.1. The van der Waals surface area contributed by atoms with E-state index in [0.717, 1.165) is 35.6 Å². The van der Waals surface area contributed by atoms with E-state index in [0.29, 0.717) is 12.5 Å². The lowest BCUT2D eigenvalue weighted by molar-refractivity contribution is -0.114. The Labute approximate surface area is 195 Å². The van der Waals surface area contributed by atoms with Gasteiger partial charge in [0.15, 0.2) is 0 Å². The van der Waals surface area contributed by atoms with E-state index in [2.05, 4.69) is 81.4 Å². The van der Waals surface area contributed by atoms with Crippen molar-refractivity contribution in [3.8, 4) is 0 Å². The third-order valence-electron chi connectivity index (χ3n) is 5.46. The number of hydrogen-bond donors (Lipinski definition) is 3. The molecular formula is C27H29N5O. The Morgan fingerprint density at radius 3 is 2.36 bits per heavy atom. The molecule has 6 nitrogen and oxygen atoms in total. The number of carbonyl (C=O) groups excluding carboxylic acids is 1. The standard InChI is InChI=1S/C27H29N5O/c1-20(33)29-23-10-8-22(9-11-23)26-16-18-28-27(31-26)30-24-12-14-25(15-13-24)32(2)19-17-21-6-4-3-5-7-21/h3-16H,17-19H2,1-2H3,(H,29,33)(H2,28,30,31). The molecule has 0 atom stereocenters. The monoisotopic (exact) mass is 439 g/mol. The van der Waals surface area contributed by atoms with Crippen LogP contribution in [0.15, 0.2) is 89.9 Å². The summed E-state index contributed by atoms with van der Waals surface area (Å²) in [5.41, 5.74) is 6.30. The summed E-state index contributed by atoms with van der Waals surface area (Å²) in [6, 6.07) is 26.7. The Morgan fingerprint density at radius 1 is 0.970 bits per heavy atom. The number of hydrogen-bond acceptors (Lipinski definition) is 5. The summed E-state index contributed by atoms with van der Waals surface area (Å²) in [5, 5.41) is 9.51. The zero-order valence-electron chi connectivity index (χ0n) is 19.0. The fourth-order valence-electron chi connectivity index (χ4n) is 3.65. The van der Waals surface area contributed by atoms with Gasteiger partial charge < -0.3 is 20.9 Å². The number of guanidine groups is 1. The van der Waals surface area contributed by atoms with Crippen LogP contribution in [-0.4, -0.2) is 32.0 Å². The van der Waals surface area contributed by atoms with Gasteiger partial charge >= 0.3 is 0 Å². The zero-order chi connectivity index (χ0) is 23.0. The average Bonchev–Trinajstić information content (AvgIpc) is 2.84. The molecule has 0 saturated carbocycles. The van der Waals surface area contributed by atoms with Crippen molar-refractivity contribution in [2.45, 2.75) is 13.3 Å². The molecule has 3 aromatic rings. The molecule has 1 aliphatic heterocycles. The molecule has 1 amide bonds. The van der Waals surface area contributed by atoms with Crippen LogP contribution < -0.4 is 20.9 Å². The van der Waals surface area contributed by atoms with Crippen LogP contribution in [0.2, 0.25) is 0 Å². The van der Waals surface area contributed by atoms with Crippen LogP contribution in [0.25, 0.3) is 5.70 Å². The molecule has 4 rings (SSSR count). The number of carbonyl (C=O) groups is 1.